The number of rotatable bonds is 8. The van der Waals surface area contributed by atoms with Gasteiger partial charge in [0.2, 0.25) is 5.78 Å². The fraction of sp³-hybridized carbons (Fsp3) is 0.588. The summed E-state index contributed by atoms with van der Waals surface area (Å²) in [5.41, 5.74) is 1.02. The highest BCUT2D eigenvalue weighted by Crippen LogP contribution is 2.16. The van der Waals surface area contributed by atoms with Crippen molar-refractivity contribution in [3.8, 4) is 0 Å². The molecule has 3 rings (SSSR count). The van der Waals surface area contributed by atoms with Crippen LogP contribution in [0.25, 0.3) is 16.9 Å². The van der Waals surface area contributed by atoms with Gasteiger partial charge >= 0.3 is 5.69 Å². The SMILES string of the molecule is CCOCCn1c(=O)c2c(nc3n(CCOCC)c(C)cn23)n(C)c1=O. The predicted octanol–water partition coefficient (Wildman–Crippen LogP) is 0.531. The van der Waals surface area contributed by atoms with Crippen LogP contribution in [-0.4, -0.2) is 49.5 Å². The van der Waals surface area contributed by atoms with Gasteiger partial charge in [-0.05, 0) is 20.8 Å². The highest BCUT2D eigenvalue weighted by Gasteiger charge is 2.19. The molecule has 0 fully saturated rings. The second-order valence-corrected chi connectivity index (χ2v) is 6.07. The Morgan fingerprint density at radius 3 is 2.27 bits per heavy atom. The Labute approximate surface area is 150 Å². The van der Waals surface area contributed by atoms with Crippen molar-refractivity contribution >= 4 is 16.9 Å². The molecule has 0 aliphatic rings. The Morgan fingerprint density at radius 1 is 1.04 bits per heavy atom. The standard InChI is InChI=1S/C17H25N5O4/c1-5-25-9-7-20-12(3)11-22-13-14(18-16(20)22)19(4)17(24)21(15(13)23)8-10-26-6-2/h11H,5-10H2,1-4H3. The zero-order valence-electron chi connectivity index (χ0n) is 15.7. The molecule has 0 aromatic carbocycles. The Balaban J connectivity index is 2.18. The molecular formula is C17H25N5O4. The number of aryl methyl sites for hydroxylation is 2. The molecule has 0 aliphatic carbocycles. The van der Waals surface area contributed by atoms with Gasteiger partial charge in [0.1, 0.15) is 0 Å². The molecule has 0 radical (unpaired) electrons. The van der Waals surface area contributed by atoms with Crippen LogP contribution in [0, 0.1) is 6.92 Å². The Morgan fingerprint density at radius 2 is 1.65 bits per heavy atom. The summed E-state index contributed by atoms with van der Waals surface area (Å²) in [6.07, 6.45) is 1.87. The molecule has 26 heavy (non-hydrogen) atoms. The average Bonchev–Trinajstić information content (AvgIpc) is 3.12. The van der Waals surface area contributed by atoms with Crippen LogP contribution in [0.15, 0.2) is 15.8 Å². The van der Waals surface area contributed by atoms with Gasteiger partial charge in [-0.15, -0.1) is 0 Å². The lowest BCUT2D eigenvalue weighted by molar-refractivity contribution is 0.137. The van der Waals surface area contributed by atoms with Crippen LogP contribution in [0.2, 0.25) is 0 Å². The molecule has 3 aromatic heterocycles. The molecule has 3 heterocycles. The van der Waals surface area contributed by atoms with Crippen molar-refractivity contribution in [1.29, 1.82) is 0 Å². The van der Waals surface area contributed by atoms with E-state index in [4.69, 9.17) is 9.47 Å². The summed E-state index contributed by atoms with van der Waals surface area (Å²) in [6, 6.07) is 0. The van der Waals surface area contributed by atoms with Gasteiger partial charge in [-0.3, -0.25) is 18.3 Å². The molecule has 0 unspecified atom stereocenters. The average molecular weight is 363 g/mol. The molecule has 142 valence electrons. The maximum atomic E-state index is 13.0. The summed E-state index contributed by atoms with van der Waals surface area (Å²) in [6.45, 7) is 8.68. The first-order valence-corrected chi connectivity index (χ1v) is 8.84. The Bertz CT molecular complexity index is 1040. The van der Waals surface area contributed by atoms with E-state index in [1.54, 1.807) is 11.4 Å². The van der Waals surface area contributed by atoms with E-state index in [2.05, 4.69) is 4.98 Å². The number of nitrogens with zero attached hydrogens (tertiary/aromatic N) is 5. The predicted molar refractivity (Wildman–Crippen MR) is 97.9 cm³/mol. The highest BCUT2D eigenvalue weighted by atomic mass is 16.5. The number of fused-ring (bicyclic) bond motifs is 3. The number of aromatic nitrogens is 5. The zero-order chi connectivity index (χ0) is 18.8. The van der Waals surface area contributed by atoms with Crippen molar-refractivity contribution in [3.63, 3.8) is 0 Å². The summed E-state index contributed by atoms with van der Waals surface area (Å²) in [7, 11) is 1.63. The van der Waals surface area contributed by atoms with Crippen molar-refractivity contribution in [2.24, 2.45) is 7.05 Å². The fourth-order valence-electron chi connectivity index (χ4n) is 3.13. The van der Waals surface area contributed by atoms with Crippen LogP contribution in [0.3, 0.4) is 0 Å². The van der Waals surface area contributed by atoms with E-state index in [1.807, 2.05) is 31.5 Å². The van der Waals surface area contributed by atoms with Crippen molar-refractivity contribution in [3.05, 3.63) is 32.7 Å². The van der Waals surface area contributed by atoms with Gasteiger partial charge < -0.3 is 14.0 Å². The van der Waals surface area contributed by atoms with E-state index in [9.17, 15) is 9.59 Å². The molecule has 0 bridgehead atoms. The van der Waals surface area contributed by atoms with Crippen molar-refractivity contribution < 1.29 is 9.47 Å². The molecule has 0 saturated heterocycles. The Kier molecular flexibility index (Phi) is 5.28. The molecule has 0 spiro atoms. The molecule has 0 amide bonds. The lowest BCUT2D eigenvalue weighted by Crippen LogP contribution is -2.40. The second-order valence-electron chi connectivity index (χ2n) is 6.07. The third kappa shape index (κ3) is 2.97. The van der Waals surface area contributed by atoms with E-state index in [0.717, 1.165) is 5.69 Å². The number of ether oxygens (including phenoxy) is 2. The van der Waals surface area contributed by atoms with Gasteiger partial charge in [-0.1, -0.05) is 0 Å². The molecule has 9 heteroatoms. The molecular weight excluding hydrogens is 338 g/mol. The summed E-state index contributed by atoms with van der Waals surface area (Å²) < 4.78 is 17.1. The quantitative estimate of drug-likeness (QED) is 0.545. The third-order valence-electron chi connectivity index (χ3n) is 4.47. The van der Waals surface area contributed by atoms with Gasteiger partial charge in [0.05, 0.1) is 19.8 Å². The molecule has 0 aliphatic heterocycles. The van der Waals surface area contributed by atoms with E-state index in [0.29, 0.717) is 49.9 Å². The van der Waals surface area contributed by atoms with Gasteiger partial charge in [-0.2, -0.15) is 4.98 Å². The summed E-state index contributed by atoms with van der Waals surface area (Å²) >= 11 is 0. The first kappa shape index (κ1) is 18.4. The third-order valence-corrected chi connectivity index (χ3v) is 4.47. The summed E-state index contributed by atoms with van der Waals surface area (Å²) in [4.78, 5) is 30.1. The minimum absolute atomic E-state index is 0.215. The molecule has 9 nitrogen and oxygen atoms in total. The zero-order valence-corrected chi connectivity index (χ0v) is 15.7. The minimum Gasteiger partial charge on any atom is -0.380 e. The van der Waals surface area contributed by atoms with Crippen LogP contribution in [0.1, 0.15) is 19.5 Å². The summed E-state index contributed by atoms with van der Waals surface area (Å²) in [5.74, 6) is 0.631. The number of imidazole rings is 2. The van der Waals surface area contributed by atoms with Crippen LogP contribution in [-0.2, 0) is 29.6 Å². The van der Waals surface area contributed by atoms with Gasteiger partial charge in [-0.25, -0.2) is 4.79 Å². The molecule has 0 atom stereocenters. The molecule has 0 N–H and O–H groups in total. The maximum Gasteiger partial charge on any atom is 0.332 e. The smallest absolute Gasteiger partial charge is 0.332 e. The van der Waals surface area contributed by atoms with Crippen LogP contribution >= 0.6 is 0 Å². The summed E-state index contributed by atoms with van der Waals surface area (Å²) in [5, 5.41) is 0. The van der Waals surface area contributed by atoms with Gasteiger partial charge in [0.15, 0.2) is 11.2 Å². The van der Waals surface area contributed by atoms with Crippen LogP contribution < -0.4 is 11.2 Å². The molecule has 0 saturated carbocycles. The van der Waals surface area contributed by atoms with Crippen molar-refractivity contribution in [2.75, 3.05) is 26.4 Å². The largest absolute Gasteiger partial charge is 0.380 e. The van der Waals surface area contributed by atoms with Crippen molar-refractivity contribution in [2.45, 2.75) is 33.9 Å². The first-order valence-electron chi connectivity index (χ1n) is 8.84. The maximum absolute atomic E-state index is 13.0. The fourth-order valence-corrected chi connectivity index (χ4v) is 3.13. The van der Waals surface area contributed by atoms with Crippen LogP contribution in [0.5, 0.6) is 0 Å². The van der Waals surface area contributed by atoms with E-state index in [-0.39, 0.29) is 17.8 Å². The minimum atomic E-state index is -0.388. The topological polar surface area (TPSA) is 84.7 Å². The van der Waals surface area contributed by atoms with Crippen LogP contribution in [0.4, 0.5) is 0 Å². The van der Waals surface area contributed by atoms with Gasteiger partial charge in [0, 0.05) is 38.7 Å². The second kappa shape index (κ2) is 7.46. The number of hydrogen-bond donors (Lipinski definition) is 0. The number of hydrogen-bond acceptors (Lipinski definition) is 5. The van der Waals surface area contributed by atoms with E-state index >= 15 is 0 Å². The lowest BCUT2D eigenvalue weighted by atomic mass is 10.4. The van der Waals surface area contributed by atoms with Gasteiger partial charge in [0.25, 0.3) is 5.56 Å². The van der Waals surface area contributed by atoms with E-state index < -0.39 is 0 Å². The molecule has 3 aromatic rings. The Hall–Kier alpha value is -2.39. The monoisotopic (exact) mass is 363 g/mol. The highest BCUT2D eigenvalue weighted by molar-refractivity contribution is 5.75. The first-order chi connectivity index (χ1) is 12.5. The lowest BCUT2D eigenvalue weighted by Gasteiger charge is -2.08. The normalized spacial score (nSPS) is 11.8. The van der Waals surface area contributed by atoms with Crippen molar-refractivity contribution in [1.82, 2.24) is 23.1 Å². The van der Waals surface area contributed by atoms with E-state index in [1.165, 1.54) is 9.13 Å².